The Morgan fingerprint density at radius 3 is 2.27 bits per heavy atom. The van der Waals surface area contributed by atoms with Crippen LogP contribution in [0.3, 0.4) is 0 Å². The van der Waals surface area contributed by atoms with Crippen LogP contribution in [0.1, 0.15) is 84.5 Å². The number of Topliss-reactive ketones (excluding diaryl/α,β-unsaturated/α-hetero) is 1. The zero-order valence-electron chi connectivity index (χ0n) is 19.6. The number of nitro benzene ring substituents is 1. The molecule has 0 fully saturated rings. The van der Waals surface area contributed by atoms with E-state index in [1.807, 2.05) is 0 Å². The maximum atomic E-state index is 11.5. The monoisotopic (exact) mass is 498 g/mol. The average molecular weight is 499 g/mol. The summed E-state index contributed by atoms with van der Waals surface area (Å²) >= 11 is 11.7. The molecule has 33 heavy (non-hydrogen) atoms. The van der Waals surface area contributed by atoms with E-state index in [2.05, 4.69) is 18.8 Å². The molecule has 2 rings (SSSR count). The highest BCUT2D eigenvalue weighted by atomic mass is 35.5. The van der Waals surface area contributed by atoms with Gasteiger partial charge in [-0.3, -0.25) is 14.9 Å². The second-order valence-electron chi connectivity index (χ2n) is 8.17. The Bertz CT molecular complexity index is 855. The number of aromatic nitrogens is 1. The molecule has 0 saturated carbocycles. The van der Waals surface area contributed by atoms with E-state index in [0.717, 1.165) is 32.1 Å². The minimum absolute atomic E-state index is 0.0970. The average Bonchev–Trinajstić information content (AvgIpc) is 3.19. The minimum atomic E-state index is -0.513. The van der Waals surface area contributed by atoms with Gasteiger partial charge in [-0.1, -0.05) is 88.1 Å². The van der Waals surface area contributed by atoms with Crippen molar-refractivity contribution in [2.75, 3.05) is 0 Å². The van der Waals surface area contributed by atoms with Gasteiger partial charge in [0, 0.05) is 30.8 Å². The van der Waals surface area contributed by atoms with E-state index in [4.69, 9.17) is 23.2 Å². The summed E-state index contributed by atoms with van der Waals surface area (Å²) in [6, 6.07) is 4.73. The van der Waals surface area contributed by atoms with Gasteiger partial charge in [0.2, 0.25) is 0 Å². The van der Waals surface area contributed by atoms with Crippen LogP contribution in [0.4, 0.5) is 5.69 Å². The third-order valence-electron chi connectivity index (χ3n) is 5.32. The van der Waals surface area contributed by atoms with Crippen molar-refractivity contribution >= 4 is 34.7 Å². The molecule has 1 aromatic heterocycles. The Balaban J connectivity index is 0.000000330. The molecule has 0 aliphatic heterocycles. The Morgan fingerprint density at radius 1 is 1.00 bits per heavy atom. The van der Waals surface area contributed by atoms with Gasteiger partial charge in [0.05, 0.1) is 21.6 Å². The zero-order valence-corrected chi connectivity index (χ0v) is 21.1. The van der Waals surface area contributed by atoms with Gasteiger partial charge in [-0.25, -0.2) is 0 Å². The van der Waals surface area contributed by atoms with Gasteiger partial charge in [-0.15, -0.1) is 0 Å². The molecule has 6 nitrogen and oxygen atoms in total. The van der Waals surface area contributed by atoms with Crippen LogP contribution in [0, 0.1) is 10.1 Å². The molecule has 8 heteroatoms. The maximum absolute atomic E-state index is 11.5. The molecule has 0 aliphatic carbocycles. The molecule has 0 spiro atoms. The van der Waals surface area contributed by atoms with Crippen LogP contribution < -0.4 is 0 Å². The molecule has 2 aromatic rings. The Morgan fingerprint density at radius 2 is 1.67 bits per heavy atom. The molecule has 0 aliphatic rings. The second-order valence-corrected chi connectivity index (χ2v) is 8.98. The van der Waals surface area contributed by atoms with Gasteiger partial charge in [0.1, 0.15) is 10.8 Å². The smallest absolute Gasteiger partial charge is 0.295 e. The van der Waals surface area contributed by atoms with E-state index < -0.39 is 11.0 Å². The van der Waals surface area contributed by atoms with Crippen molar-refractivity contribution in [3.8, 4) is 11.1 Å². The first-order chi connectivity index (χ1) is 15.8. The molecule has 1 atom stereocenters. The summed E-state index contributed by atoms with van der Waals surface area (Å²) in [5.41, 5.74) is 0.838. The Hall–Kier alpha value is -1.89. The van der Waals surface area contributed by atoms with Crippen molar-refractivity contribution in [2.24, 2.45) is 0 Å². The number of aromatic amines is 1. The first-order valence-electron chi connectivity index (χ1n) is 11.8. The number of halogens is 2. The highest BCUT2D eigenvalue weighted by Crippen LogP contribution is 2.38. The predicted octanol–water partition coefficient (Wildman–Crippen LogP) is 8.14. The Kier molecular flexibility index (Phi) is 14.7. The summed E-state index contributed by atoms with van der Waals surface area (Å²) in [5.74, 6) is 0.236. The number of H-pyrrole nitrogens is 1. The quantitative estimate of drug-likeness (QED) is 0.156. The minimum Gasteiger partial charge on any atom is -0.393 e. The number of aliphatic hydroxyl groups is 1. The molecule has 0 radical (unpaired) electrons. The SMILES string of the molecule is CCCCCCCC(O)CC(=O)CCCCC.O=[N+]([O-])c1c(Cl)cccc1-c1c[nH]cc1Cl. The fourth-order valence-electron chi connectivity index (χ4n) is 3.49. The third-order valence-corrected chi connectivity index (χ3v) is 5.94. The number of unbranched alkanes of at least 4 members (excludes halogenated alkanes) is 6. The summed E-state index contributed by atoms with van der Waals surface area (Å²) < 4.78 is 0. The molecule has 184 valence electrons. The van der Waals surface area contributed by atoms with Crippen LogP contribution in [0.5, 0.6) is 0 Å². The lowest BCUT2D eigenvalue weighted by atomic mass is 10.0. The lowest BCUT2D eigenvalue weighted by molar-refractivity contribution is -0.384. The van der Waals surface area contributed by atoms with Crippen LogP contribution in [0.25, 0.3) is 11.1 Å². The topological polar surface area (TPSA) is 96.2 Å². The first kappa shape index (κ1) is 29.1. The number of ketones is 1. The van der Waals surface area contributed by atoms with Crippen molar-refractivity contribution in [3.05, 3.63) is 50.8 Å². The number of hydrogen-bond donors (Lipinski definition) is 2. The molecule has 0 bridgehead atoms. The summed E-state index contributed by atoms with van der Waals surface area (Å²) in [6.07, 6.45) is 13.9. The van der Waals surface area contributed by atoms with Crippen LogP contribution >= 0.6 is 23.2 Å². The first-order valence-corrected chi connectivity index (χ1v) is 12.5. The van der Waals surface area contributed by atoms with E-state index in [-0.39, 0.29) is 16.5 Å². The molecule has 2 N–H and O–H groups in total. The molecule has 1 aromatic carbocycles. The standard InChI is InChI=1S/C15H30O2.C10H6Cl2N2O2/c1-3-5-7-8-10-12-15(17)13-14(16)11-9-6-4-2;11-8-3-1-2-6(10(8)14(15)16)7-4-13-5-9(7)12/h15,17H,3-13H2,1-2H3;1-5,13H. The molecular formula is C25H36Cl2N2O4. The lowest BCUT2D eigenvalue weighted by Gasteiger charge is -2.09. The number of carbonyl (C=O) groups is 1. The van der Waals surface area contributed by atoms with E-state index in [9.17, 15) is 20.0 Å². The third kappa shape index (κ3) is 11.2. The van der Waals surface area contributed by atoms with Gasteiger partial charge < -0.3 is 10.1 Å². The normalized spacial score (nSPS) is 11.5. The highest BCUT2D eigenvalue weighted by molar-refractivity contribution is 6.35. The summed E-state index contributed by atoms with van der Waals surface area (Å²) in [4.78, 5) is 24.7. The lowest BCUT2D eigenvalue weighted by Crippen LogP contribution is -2.13. The van der Waals surface area contributed by atoms with Gasteiger partial charge in [0.25, 0.3) is 5.69 Å². The summed E-state index contributed by atoms with van der Waals surface area (Å²) in [7, 11) is 0. The van der Waals surface area contributed by atoms with Crippen molar-refractivity contribution in [3.63, 3.8) is 0 Å². The number of nitrogens with zero attached hydrogens (tertiary/aromatic N) is 1. The molecule has 0 amide bonds. The van der Waals surface area contributed by atoms with E-state index in [0.29, 0.717) is 29.0 Å². The van der Waals surface area contributed by atoms with E-state index in [1.165, 1.54) is 31.7 Å². The van der Waals surface area contributed by atoms with Gasteiger partial charge in [-0.2, -0.15) is 0 Å². The largest absolute Gasteiger partial charge is 0.393 e. The molecular weight excluding hydrogens is 463 g/mol. The molecule has 1 heterocycles. The van der Waals surface area contributed by atoms with Gasteiger partial charge in [0.15, 0.2) is 0 Å². The van der Waals surface area contributed by atoms with Crippen LogP contribution in [0.15, 0.2) is 30.6 Å². The number of carbonyl (C=O) groups excluding carboxylic acids is 1. The number of nitrogens with one attached hydrogen (secondary N) is 1. The van der Waals surface area contributed by atoms with E-state index in [1.54, 1.807) is 24.5 Å². The van der Waals surface area contributed by atoms with Crippen molar-refractivity contribution in [1.29, 1.82) is 0 Å². The number of nitro groups is 1. The second kappa shape index (κ2) is 16.7. The van der Waals surface area contributed by atoms with Crippen molar-refractivity contribution < 1.29 is 14.8 Å². The van der Waals surface area contributed by atoms with Crippen LogP contribution in [-0.2, 0) is 4.79 Å². The number of aliphatic hydroxyl groups excluding tert-OH is 1. The number of para-hydroxylation sites is 1. The van der Waals surface area contributed by atoms with E-state index >= 15 is 0 Å². The number of hydrogen-bond acceptors (Lipinski definition) is 4. The highest BCUT2D eigenvalue weighted by Gasteiger charge is 2.21. The predicted molar refractivity (Wildman–Crippen MR) is 136 cm³/mol. The molecule has 0 saturated heterocycles. The fraction of sp³-hybridized carbons (Fsp3) is 0.560. The van der Waals surface area contributed by atoms with Crippen molar-refractivity contribution in [2.45, 2.75) is 90.6 Å². The van der Waals surface area contributed by atoms with Gasteiger partial charge in [-0.05, 0) is 25.0 Å². The van der Waals surface area contributed by atoms with Crippen molar-refractivity contribution in [1.82, 2.24) is 4.98 Å². The fourth-order valence-corrected chi connectivity index (χ4v) is 3.96. The number of benzene rings is 1. The van der Waals surface area contributed by atoms with Crippen LogP contribution in [-0.4, -0.2) is 26.9 Å². The van der Waals surface area contributed by atoms with Crippen LogP contribution in [0.2, 0.25) is 10.0 Å². The number of rotatable bonds is 14. The van der Waals surface area contributed by atoms with Gasteiger partial charge >= 0.3 is 0 Å². The summed E-state index contributed by atoms with van der Waals surface area (Å²) in [5, 5.41) is 21.1. The zero-order chi connectivity index (χ0) is 24.6. The summed E-state index contributed by atoms with van der Waals surface area (Å²) in [6.45, 7) is 4.33. The Labute approximate surface area is 206 Å². The maximum Gasteiger partial charge on any atom is 0.295 e. The molecule has 1 unspecified atom stereocenters.